The third-order valence-corrected chi connectivity index (χ3v) is 1.20. The van der Waals surface area contributed by atoms with Crippen LogP contribution in [0.4, 0.5) is 0 Å². The Morgan fingerprint density at radius 2 is 1.92 bits per heavy atom. The van der Waals surface area contributed by atoms with Crippen molar-refractivity contribution in [3.8, 4) is 0 Å². The molecule has 1 atom stereocenters. The number of methoxy groups -OCH3 is 1. The summed E-state index contributed by atoms with van der Waals surface area (Å²) in [6.45, 7) is 5.89. The van der Waals surface area contributed by atoms with Gasteiger partial charge in [-0.25, -0.2) is 0 Å². The van der Waals surface area contributed by atoms with Gasteiger partial charge in [-0.15, -0.1) is 12.4 Å². The van der Waals surface area contributed by atoms with E-state index in [1.807, 2.05) is 20.8 Å². The zero-order valence-corrected chi connectivity index (χ0v) is 9.31. The molecular weight excluding hydrogens is 194 g/mol. The van der Waals surface area contributed by atoms with Crippen molar-refractivity contribution >= 4 is 18.4 Å². The van der Waals surface area contributed by atoms with Gasteiger partial charge in [-0.05, 0) is 20.8 Å². The molecule has 2 N–H and O–H groups in total. The van der Waals surface area contributed by atoms with E-state index >= 15 is 0 Å². The molecule has 80 valence electrons. The fourth-order valence-electron chi connectivity index (χ4n) is 0.559. The first kappa shape index (κ1) is 15.2. The van der Waals surface area contributed by atoms with E-state index in [9.17, 15) is 4.79 Å². The summed E-state index contributed by atoms with van der Waals surface area (Å²) >= 11 is 0. The van der Waals surface area contributed by atoms with Gasteiger partial charge in [0.15, 0.2) is 0 Å². The highest BCUT2D eigenvalue weighted by Crippen LogP contribution is 2.06. The molecule has 13 heavy (non-hydrogen) atoms. The number of ether oxygens (including phenoxy) is 2. The van der Waals surface area contributed by atoms with Gasteiger partial charge < -0.3 is 15.2 Å². The number of hydrogen-bond donors (Lipinski definition) is 1. The van der Waals surface area contributed by atoms with Crippen LogP contribution in [-0.4, -0.2) is 31.3 Å². The molecule has 0 heterocycles. The number of carbonyl (C=O) groups is 1. The molecule has 0 unspecified atom stereocenters. The Morgan fingerprint density at radius 1 is 1.46 bits per heavy atom. The second-order valence-electron chi connectivity index (χ2n) is 3.55. The Hall–Kier alpha value is -0.320. The minimum absolute atomic E-state index is 0. The molecule has 0 aliphatic heterocycles. The van der Waals surface area contributed by atoms with Crippen LogP contribution >= 0.6 is 12.4 Å². The van der Waals surface area contributed by atoms with Crippen LogP contribution in [0.25, 0.3) is 0 Å². The molecule has 0 aromatic heterocycles. The third-order valence-electron chi connectivity index (χ3n) is 1.20. The molecule has 0 saturated heterocycles. The molecular formula is C8H18ClNO3. The number of rotatable bonds is 3. The van der Waals surface area contributed by atoms with E-state index in [0.29, 0.717) is 0 Å². The van der Waals surface area contributed by atoms with Gasteiger partial charge in [0.05, 0.1) is 19.3 Å². The lowest BCUT2D eigenvalue weighted by Crippen LogP contribution is -2.38. The van der Waals surface area contributed by atoms with Crippen LogP contribution in [0, 0.1) is 0 Å². The average molecular weight is 212 g/mol. The summed E-state index contributed by atoms with van der Waals surface area (Å²) < 4.78 is 9.72. The largest absolute Gasteiger partial charge is 0.468 e. The van der Waals surface area contributed by atoms with E-state index in [2.05, 4.69) is 4.74 Å². The summed E-state index contributed by atoms with van der Waals surface area (Å²) in [4.78, 5) is 10.8. The summed E-state index contributed by atoms with van der Waals surface area (Å²) in [5.41, 5.74) is 5.16. The number of nitrogens with two attached hydrogens (primary N) is 1. The van der Waals surface area contributed by atoms with Gasteiger partial charge in [-0.1, -0.05) is 0 Å². The fourth-order valence-corrected chi connectivity index (χ4v) is 0.559. The van der Waals surface area contributed by atoms with Gasteiger partial charge in [0.25, 0.3) is 0 Å². The van der Waals surface area contributed by atoms with Gasteiger partial charge in [-0.2, -0.15) is 0 Å². The quantitative estimate of drug-likeness (QED) is 0.699. The summed E-state index contributed by atoms with van der Waals surface area (Å²) in [6, 6.07) is -0.686. The molecule has 0 aromatic carbocycles. The van der Waals surface area contributed by atoms with Crippen molar-refractivity contribution in [1.29, 1.82) is 0 Å². The van der Waals surface area contributed by atoms with E-state index in [0.717, 1.165) is 0 Å². The van der Waals surface area contributed by atoms with E-state index in [-0.39, 0.29) is 24.6 Å². The molecule has 0 rings (SSSR count). The lowest BCUT2D eigenvalue weighted by molar-refractivity contribution is -0.145. The Bertz CT molecular complexity index is 156. The van der Waals surface area contributed by atoms with Crippen LogP contribution in [-0.2, 0) is 14.3 Å². The predicted octanol–water partition coefficient (Wildman–Crippen LogP) is 0.724. The number of halogens is 1. The van der Waals surface area contributed by atoms with Crippen LogP contribution in [0.5, 0.6) is 0 Å². The SMILES string of the molecule is COC(=O)[C@H](N)COC(C)(C)C.Cl. The molecule has 0 fully saturated rings. The number of esters is 1. The first-order valence-electron chi connectivity index (χ1n) is 3.84. The van der Waals surface area contributed by atoms with Gasteiger partial charge in [0.1, 0.15) is 6.04 Å². The molecule has 0 radical (unpaired) electrons. The molecule has 0 amide bonds. The van der Waals surface area contributed by atoms with Crippen LogP contribution in [0.15, 0.2) is 0 Å². The van der Waals surface area contributed by atoms with Gasteiger partial charge in [0, 0.05) is 0 Å². The van der Waals surface area contributed by atoms with Crippen molar-refractivity contribution in [2.45, 2.75) is 32.4 Å². The second kappa shape index (κ2) is 6.18. The Morgan fingerprint density at radius 3 is 2.23 bits per heavy atom. The van der Waals surface area contributed by atoms with Crippen LogP contribution in [0.1, 0.15) is 20.8 Å². The topological polar surface area (TPSA) is 61.5 Å². The average Bonchev–Trinajstić information content (AvgIpc) is 1.97. The van der Waals surface area contributed by atoms with Crippen molar-refractivity contribution in [2.24, 2.45) is 5.73 Å². The predicted molar refractivity (Wildman–Crippen MR) is 52.9 cm³/mol. The Balaban J connectivity index is 0. The molecule has 0 bridgehead atoms. The lowest BCUT2D eigenvalue weighted by Gasteiger charge is -2.21. The maximum Gasteiger partial charge on any atom is 0.325 e. The number of carbonyl (C=O) groups excluding carboxylic acids is 1. The third kappa shape index (κ3) is 8.02. The van der Waals surface area contributed by atoms with Crippen molar-refractivity contribution in [3.05, 3.63) is 0 Å². The van der Waals surface area contributed by atoms with Crippen LogP contribution in [0.3, 0.4) is 0 Å². The van der Waals surface area contributed by atoms with Crippen molar-refractivity contribution < 1.29 is 14.3 Å². The monoisotopic (exact) mass is 211 g/mol. The van der Waals surface area contributed by atoms with Crippen molar-refractivity contribution in [3.63, 3.8) is 0 Å². The highest BCUT2D eigenvalue weighted by Gasteiger charge is 2.18. The van der Waals surface area contributed by atoms with E-state index < -0.39 is 12.0 Å². The van der Waals surface area contributed by atoms with E-state index in [1.165, 1.54) is 7.11 Å². The smallest absolute Gasteiger partial charge is 0.325 e. The molecule has 4 nitrogen and oxygen atoms in total. The van der Waals surface area contributed by atoms with Crippen molar-refractivity contribution in [2.75, 3.05) is 13.7 Å². The Labute approximate surface area is 85.2 Å². The normalized spacial score (nSPS) is 13.0. The van der Waals surface area contributed by atoms with Gasteiger partial charge >= 0.3 is 5.97 Å². The minimum Gasteiger partial charge on any atom is -0.468 e. The fraction of sp³-hybridized carbons (Fsp3) is 0.875. The van der Waals surface area contributed by atoms with Crippen LogP contribution < -0.4 is 5.73 Å². The zero-order chi connectivity index (χ0) is 9.78. The minimum atomic E-state index is -0.686. The summed E-state index contributed by atoms with van der Waals surface area (Å²) in [6.07, 6.45) is 0. The highest BCUT2D eigenvalue weighted by atomic mass is 35.5. The maximum atomic E-state index is 10.8. The second-order valence-corrected chi connectivity index (χ2v) is 3.55. The summed E-state index contributed by atoms with van der Waals surface area (Å²) in [5, 5.41) is 0. The molecule has 5 heteroatoms. The zero-order valence-electron chi connectivity index (χ0n) is 8.49. The van der Waals surface area contributed by atoms with Gasteiger partial charge in [-0.3, -0.25) is 4.79 Å². The molecule has 0 aromatic rings. The number of hydrogen-bond acceptors (Lipinski definition) is 4. The van der Waals surface area contributed by atoms with Crippen LogP contribution in [0.2, 0.25) is 0 Å². The standard InChI is InChI=1S/C8H17NO3.ClH/c1-8(2,3)12-5-6(9)7(10)11-4;/h6H,5,9H2,1-4H3;1H/t6-;/m1./s1. The lowest BCUT2D eigenvalue weighted by atomic mass is 10.2. The first-order valence-corrected chi connectivity index (χ1v) is 3.84. The molecule has 0 saturated carbocycles. The first-order chi connectivity index (χ1) is 5.37. The molecule has 0 aliphatic carbocycles. The molecule has 0 aliphatic rings. The highest BCUT2D eigenvalue weighted by molar-refractivity contribution is 5.85. The van der Waals surface area contributed by atoms with E-state index in [4.69, 9.17) is 10.5 Å². The summed E-state index contributed by atoms with van der Waals surface area (Å²) in [7, 11) is 1.30. The van der Waals surface area contributed by atoms with Gasteiger partial charge in [0.2, 0.25) is 0 Å². The van der Waals surface area contributed by atoms with E-state index in [1.54, 1.807) is 0 Å². The Kier molecular flexibility index (Phi) is 7.21. The molecule has 0 spiro atoms. The van der Waals surface area contributed by atoms with Crippen molar-refractivity contribution in [1.82, 2.24) is 0 Å². The summed E-state index contributed by atoms with van der Waals surface area (Å²) in [5.74, 6) is -0.445. The maximum absolute atomic E-state index is 10.8.